The van der Waals surface area contributed by atoms with Gasteiger partial charge in [0, 0.05) is 46.0 Å². The average Bonchev–Trinajstić information content (AvgIpc) is 2.61. The lowest BCUT2D eigenvalue weighted by Crippen LogP contribution is -2.44. The number of amides is 1. The molecule has 9 nitrogen and oxygen atoms in total. The van der Waals surface area contributed by atoms with Crippen molar-refractivity contribution < 1.29 is 17.9 Å². The van der Waals surface area contributed by atoms with E-state index in [-0.39, 0.29) is 48.2 Å². The van der Waals surface area contributed by atoms with Crippen LogP contribution in [0.3, 0.4) is 0 Å². The van der Waals surface area contributed by atoms with Gasteiger partial charge in [-0.1, -0.05) is 0 Å². The first-order chi connectivity index (χ1) is 12.7. The van der Waals surface area contributed by atoms with Crippen molar-refractivity contribution >= 4 is 45.7 Å². The topological polar surface area (TPSA) is 103 Å². The number of hydrogen-bond donors (Lipinski definition) is 2. The van der Waals surface area contributed by atoms with Gasteiger partial charge >= 0.3 is 0 Å². The average molecular weight is 533 g/mol. The second kappa shape index (κ2) is 14.3. The van der Waals surface area contributed by atoms with E-state index in [1.165, 1.54) is 11.2 Å². The van der Waals surface area contributed by atoms with Gasteiger partial charge < -0.3 is 20.3 Å². The third kappa shape index (κ3) is 13.5. The molecule has 0 saturated carbocycles. The lowest BCUT2D eigenvalue weighted by Gasteiger charge is -2.26. The minimum Gasteiger partial charge on any atom is -0.379 e. The molecular formula is C17H36IN5O4S. The fraction of sp³-hybridized carbons (Fsp3) is 0.882. The van der Waals surface area contributed by atoms with E-state index in [2.05, 4.69) is 20.5 Å². The Labute approximate surface area is 186 Å². The van der Waals surface area contributed by atoms with Crippen molar-refractivity contribution in [1.82, 2.24) is 20.4 Å². The predicted octanol–water partition coefficient (Wildman–Crippen LogP) is -0.227. The maximum absolute atomic E-state index is 11.8. The summed E-state index contributed by atoms with van der Waals surface area (Å²) in [5, 5.41) is 6.43. The summed E-state index contributed by atoms with van der Waals surface area (Å²) < 4.78 is 28.0. The Morgan fingerprint density at radius 2 is 1.93 bits per heavy atom. The molecule has 1 rings (SSSR count). The van der Waals surface area contributed by atoms with Crippen LogP contribution in [0.5, 0.6) is 0 Å². The number of hydrogen-bond acceptors (Lipinski definition) is 6. The predicted molar refractivity (Wildman–Crippen MR) is 123 cm³/mol. The first-order valence-electron chi connectivity index (χ1n) is 9.40. The van der Waals surface area contributed by atoms with Crippen molar-refractivity contribution in [3.05, 3.63) is 0 Å². The number of halogens is 1. The van der Waals surface area contributed by atoms with Crippen LogP contribution in [0.2, 0.25) is 0 Å². The van der Waals surface area contributed by atoms with Gasteiger partial charge in [0.2, 0.25) is 5.91 Å². The molecule has 1 fully saturated rings. The molecule has 1 unspecified atom stereocenters. The molecule has 0 aromatic rings. The molecule has 0 spiro atoms. The van der Waals surface area contributed by atoms with Crippen LogP contribution >= 0.6 is 24.0 Å². The van der Waals surface area contributed by atoms with Crippen LogP contribution in [0.25, 0.3) is 0 Å². The van der Waals surface area contributed by atoms with Gasteiger partial charge in [-0.15, -0.1) is 24.0 Å². The third-order valence-electron chi connectivity index (χ3n) is 4.22. The van der Waals surface area contributed by atoms with Crippen molar-refractivity contribution in [3.63, 3.8) is 0 Å². The zero-order valence-electron chi connectivity index (χ0n) is 17.4. The number of likely N-dealkylation sites (N-methyl/N-ethyl adjacent to an activating group) is 1. The molecule has 1 aliphatic rings. The van der Waals surface area contributed by atoms with Crippen LogP contribution in [0, 0.1) is 0 Å². The van der Waals surface area contributed by atoms with Gasteiger partial charge in [0.25, 0.3) is 0 Å². The first kappa shape index (κ1) is 27.3. The van der Waals surface area contributed by atoms with Gasteiger partial charge in [0.1, 0.15) is 16.4 Å². The Morgan fingerprint density at radius 3 is 2.50 bits per heavy atom. The van der Waals surface area contributed by atoms with Crippen LogP contribution in [0.4, 0.5) is 0 Å². The third-order valence-corrected chi connectivity index (χ3v) is 5.20. The van der Waals surface area contributed by atoms with E-state index >= 15 is 0 Å². The fourth-order valence-electron chi connectivity index (χ4n) is 2.47. The summed E-state index contributed by atoms with van der Waals surface area (Å²) >= 11 is 0. The van der Waals surface area contributed by atoms with E-state index < -0.39 is 9.84 Å². The molecule has 1 amide bonds. The Bertz CT molecular complexity index is 580. The van der Waals surface area contributed by atoms with Crippen LogP contribution in [0.1, 0.15) is 19.8 Å². The minimum atomic E-state index is -3.00. The second-order valence-electron chi connectivity index (χ2n) is 7.15. The summed E-state index contributed by atoms with van der Waals surface area (Å²) in [7, 11) is 0.378. The number of carbonyl (C=O) groups excluding carboxylic acids is 1. The monoisotopic (exact) mass is 533 g/mol. The molecule has 1 heterocycles. The number of guanidine groups is 1. The van der Waals surface area contributed by atoms with Gasteiger partial charge in [-0.05, 0) is 26.3 Å². The smallest absolute Gasteiger partial charge is 0.243 e. The Morgan fingerprint density at radius 1 is 1.29 bits per heavy atom. The molecule has 166 valence electrons. The quantitative estimate of drug-likeness (QED) is 0.173. The van der Waals surface area contributed by atoms with Crippen molar-refractivity contribution in [2.24, 2.45) is 4.99 Å². The fourth-order valence-corrected chi connectivity index (χ4v) is 3.25. The van der Waals surface area contributed by atoms with Crippen molar-refractivity contribution in [2.45, 2.75) is 25.8 Å². The molecular weight excluding hydrogens is 497 g/mol. The molecule has 28 heavy (non-hydrogen) atoms. The van der Waals surface area contributed by atoms with Gasteiger partial charge in [-0.2, -0.15) is 0 Å². The lowest BCUT2D eigenvalue weighted by molar-refractivity contribution is -0.127. The zero-order chi connectivity index (χ0) is 20.3. The molecule has 11 heteroatoms. The van der Waals surface area contributed by atoms with E-state index in [0.717, 1.165) is 45.8 Å². The highest BCUT2D eigenvalue weighted by molar-refractivity contribution is 14.0. The number of ether oxygens (including phenoxy) is 1. The Kier molecular flexibility index (Phi) is 14.0. The summed E-state index contributed by atoms with van der Waals surface area (Å²) in [5.41, 5.74) is 0. The van der Waals surface area contributed by atoms with Crippen molar-refractivity contribution in [3.8, 4) is 0 Å². The normalized spacial score (nSPS) is 16.8. The number of nitrogens with one attached hydrogen (secondary N) is 2. The minimum absolute atomic E-state index is 0. The van der Waals surface area contributed by atoms with Gasteiger partial charge in [-0.3, -0.25) is 9.69 Å². The van der Waals surface area contributed by atoms with E-state index in [9.17, 15) is 13.2 Å². The van der Waals surface area contributed by atoms with Crippen LogP contribution in [0.15, 0.2) is 4.99 Å². The largest absolute Gasteiger partial charge is 0.379 e. The molecule has 1 atom stereocenters. The van der Waals surface area contributed by atoms with Crippen molar-refractivity contribution in [2.75, 3.05) is 72.0 Å². The molecule has 0 bridgehead atoms. The number of morpholine rings is 1. The lowest BCUT2D eigenvalue weighted by atomic mass is 10.2. The Hall–Kier alpha value is -0.660. The molecule has 0 aromatic carbocycles. The molecule has 1 saturated heterocycles. The van der Waals surface area contributed by atoms with Gasteiger partial charge in [0.15, 0.2) is 5.96 Å². The highest BCUT2D eigenvalue weighted by atomic mass is 127. The number of sulfone groups is 1. The van der Waals surface area contributed by atoms with Crippen molar-refractivity contribution in [1.29, 1.82) is 0 Å². The summed E-state index contributed by atoms with van der Waals surface area (Å²) in [6.45, 7) is 7.13. The molecule has 1 aliphatic heterocycles. The van der Waals surface area contributed by atoms with Gasteiger partial charge in [-0.25, -0.2) is 13.4 Å². The highest BCUT2D eigenvalue weighted by Crippen LogP contribution is 1.98. The van der Waals surface area contributed by atoms with E-state index in [4.69, 9.17) is 4.74 Å². The number of rotatable bonds is 10. The summed E-state index contributed by atoms with van der Waals surface area (Å²) in [5.74, 6) is 0.559. The summed E-state index contributed by atoms with van der Waals surface area (Å²) in [4.78, 5) is 20.0. The van der Waals surface area contributed by atoms with Gasteiger partial charge in [0.05, 0.1) is 19.0 Å². The maximum atomic E-state index is 11.8. The van der Waals surface area contributed by atoms with Crippen LogP contribution in [-0.2, 0) is 19.4 Å². The highest BCUT2D eigenvalue weighted by Gasteiger charge is 2.12. The summed E-state index contributed by atoms with van der Waals surface area (Å²) in [6, 6.07) is -0.0697. The first-order valence-corrected chi connectivity index (χ1v) is 11.5. The van der Waals surface area contributed by atoms with E-state index in [0.29, 0.717) is 12.4 Å². The standard InChI is InChI=1S/C17H35N5O4S.HI/c1-15(6-13-27(4,24)25)20-17(19-14-16(23)21(2)3)18-7-5-8-22-9-11-26-12-10-22;/h15H,5-14H2,1-4H3,(H2,18,19,20);1H. The SMILES string of the molecule is CC(CCS(C)(=O)=O)NC(=NCC(=O)N(C)C)NCCCN1CCOCC1.I. The van der Waals surface area contributed by atoms with Crippen LogP contribution < -0.4 is 10.6 Å². The molecule has 2 N–H and O–H groups in total. The summed E-state index contributed by atoms with van der Waals surface area (Å²) in [6.07, 6.45) is 2.66. The zero-order valence-corrected chi connectivity index (χ0v) is 20.6. The number of nitrogens with zero attached hydrogens (tertiary/aromatic N) is 3. The molecule has 0 radical (unpaired) electrons. The van der Waals surface area contributed by atoms with E-state index in [1.54, 1.807) is 14.1 Å². The van der Waals surface area contributed by atoms with Crippen LogP contribution in [-0.4, -0.2) is 108 Å². The van der Waals surface area contributed by atoms with E-state index in [1.807, 2.05) is 6.92 Å². The second-order valence-corrected chi connectivity index (χ2v) is 9.41. The molecule has 0 aromatic heterocycles. The number of carbonyl (C=O) groups is 1. The Balaban J connectivity index is 0.00000729. The maximum Gasteiger partial charge on any atom is 0.243 e. The molecule has 0 aliphatic carbocycles. The number of aliphatic imine (C=N–C) groups is 1.